The Morgan fingerprint density at radius 2 is 1.95 bits per heavy atom. The lowest BCUT2D eigenvalue weighted by Gasteiger charge is -2.28. The summed E-state index contributed by atoms with van der Waals surface area (Å²) in [6, 6.07) is 11.7. The molecular weight excluding hydrogens is 252 g/mol. The minimum absolute atomic E-state index is 0.0605. The van der Waals surface area contributed by atoms with Crippen LogP contribution in [0, 0.1) is 0 Å². The fraction of sp³-hybridized carbons (Fsp3) is 0.267. The lowest BCUT2D eigenvalue weighted by Crippen LogP contribution is -2.36. The van der Waals surface area contributed by atoms with E-state index < -0.39 is 0 Å². The van der Waals surface area contributed by atoms with Crippen LogP contribution in [0.3, 0.4) is 0 Å². The molecule has 0 saturated heterocycles. The maximum absolute atomic E-state index is 12.4. The molecule has 5 heteroatoms. The van der Waals surface area contributed by atoms with Gasteiger partial charge in [0, 0.05) is 20.1 Å². The second-order valence-corrected chi connectivity index (χ2v) is 4.80. The zero-order chi connectivity index (χ0) is 13.9. The number of nitrogens with zero attached hydrogens (tertiary/aromatic N) is 3. The lowest BCUT2D eigenvalue weighted by molar-refractivity contribution is 0.0727. The minimum atomic E-state index is -0.0605. The molecule has 2 heterocycles. The van der Waals surface area contributed by atoms with E-state index in [0.29, 0.717) is 18.1 Å². The third kappa shape index (κ3) is 2.34. The van der Waals surface area contributed by atoms with Gasteiger partial charge in [-0.05, 0) is 29.7 Å². The van der Waals surface area contributed by atoms with Crippen molar-refractivity contribution in [3.8, 4) is 0 Å². The zero-order valence-electron chi connectivity index (χ0n) is 11.3. The number of amides is 1. The van der Waals surface area contributed by atoms with Gasteiger partial charge in [0.2, 0.25) is 0 Å². The molecule has 0 atom stereocenters. The zero-order valence-corrected chi connectivity index (χ0v) is 11.3. The molecule has 1 aliphatic rings. The number of hydrogen-bond acceptors (Lipinski definition) is 4. The summed E-state index contributed by atoms with van der Waals surface area (Å²) < 4.78 is 0. The van der Waals surface area contributed by atoms with Crippen LogP contribution in [0.4, 0.5) is 5.82 Å². The Morgan fingerprint density at radius 1 is 1.15 bits per heavy atom. The molecule has 0 fully saturated rings. The molecule has 1 amide bonds. The highest BCUT2D eigenvalue weighted by Gasteiger charge is 2.22. The van der Waals surface area contributed by atoms with Gasteiger partial charge in [-0.15, -0.1) is 10.2 Å². The number of hydrogen-bond donors (Lipinski definition) is 1. The Bertz CT molecular complexity index is 624. The molecule has 0 unspecified atom stereocenters. The Balaban J connectivity index is 1.78. The molecule has 5 nitrogen and oxygen atoms in total. The average Bonchev–Trinajstić information content (AvgIpc) is 2.54. The summed E-state index contributed by atoms with van der Waals surface area (Å²) in [6.45, 7) is 1.37. The molecule has 0 radical (unpaired) electrons. The Morgan fingerprint density at radius 3 is 2.65 bits per heavy atom. The standard InChI is InChI=1S/C15H16N4O/c1-16-14-7-6-13(17-18-14)15(20)19-9-8-11-4-2-3-5-12(11)10-19/h2-7H,8-10H2,1H3,(H,16,18). The molecule has 3 rings (SSSR count). The predicted molar refractivity (Wildman–Crippen MR) is 76.5 cm³/mol. The van der Waals surface area contributed by atoms with Crippen LogP contribution < -0.4 is 5.32 Å². The highest BCUT2D eigenvalue weighted by Crippen LogP contribution is 2.19. The van der Waals surface area contributed by atoms with Crippen molar-refractivity contribution in [1.29, 1.82) is 0 Å². The first kappa shape index (κ1) is 12.6. The third-order valence-electron chi connectivity index (χ3n) is 3.56. The molecule has 1 N–H and O–H groups in total. The highest BCUT2D eigenvalue weighted by molar-refractivity contribution is 5.92. The second-order valence-electron chi connectivity index (χ2n) is 4.80. The molecule has 0 saturated carbocycles. The van der Waals surface area contributed by atoms with E-state index in [-0.39, 0.29) is 5.91 Å². The van der Waals surface area contributed by atoms with Crippen LogP contribution in [0.1, 0.15) is 21.6 Å². The Hall–Kier alpha value is -2.43. The van der Waals surface area contributed by atoms with E-state index in [4.69, 9.17) is 0 Å². The number of nitrogens with one attached hydrogen (secondary N) is 1. The molecule has 1 aromatic carbocycles. The van der Waals surface area contributed by atoms with Crippen LogP contribution in [0.2, 0.25) is 0 Å². The molecule has 0 bridgehead atoms. The quantitative estimate of drug-likeness (QED) is 0.901. The van der Waals surface area contributed by atoms with E-state index in [2.05, 4.69) is 27.6 Å². The van der Waals surface area contributed by atoms with Gasteiger partial charge in [0.15, 0.2) is 5.69 Å². The second kappa shape index (κ2) is 5.28. The summed E-state index contributed by atoms with van der Waals surface area (Å²) in [6.07, 6.45) is 0.893. The fourth-order valence-electron chi connectivity index (χ4n) is 2.41. The van der Waals surface area contributed by atoms with E-state index in [1.807, 2.05) is 17.0 Å². The van der Waals surface area contributed by atoms with E-state index in [9.17, 15) is 4.79 Å². The largest absolute Gasteiger partial charge is 0.372 e. The third-order valence-corrected chi connectivity index (χ3v) is 3.56. The summed E-state index contributed by atoms with van der Waals surface area (Å²) in [7, 11) is 1.77. The lowest BCUT2D eigenvalue weighted by atomic mass is 10.00. The molecule has 102 valence electrons. The SMILES string of the molecule is CNc1ccc(C(=O)N2CCc3ccccc3C2)nn1. The van der Waals surface area contributed by atoms with Crippen LogP contribution in [-0.2, 0) is 13.0 Å². The topological polar surface area (TPSA) is 58.1 Å². The van der Waals surface area contributed by atoms with Gasteiger partial charge in [0.1, 0.15) is 5.82 Å². The van der Waals surface area contributed by atoms with Crippen molar-refractivity contribution in [2.24, 2.45) is 0 Å². The van der Waals surface area contributed by atoms with Gasteiger partial charge in [-0.2, -0.15) is 0 Å². The monoisotopic (exact) mass is 268 g/mol. The number of aromatic nitrogens is 2. The summed E-state index contributed by atoms with van der Waals surface area (Å²) in [5.74, 6) is 0.597. The number of carbonyl (C=O) groups excluding carboxylic acids is 1. The molecule has 1 aliphatic heterocycles. The van der Waals surface area contributed by atoms with Gasteiger partial charge in [-0.25, -0.2) is 0 Å². The Kier molecular flexibility index (Phi) is 3.33. The van der Waals surface area contributed by atoms with Crippen molar-refractivity contribution >= 4 is 11.7 Å². The van der Waals surface area contributed by atoms with Crippen LogP contribution in [0.15, 0.2) is 36.4 Å². The van der Waals surface area contributed by atoms with Gasteiger partial charge in [-0.1, -0.05) is 24.3 Å². The Labute approximate surface area is 117 Å². The number of anilines is 1. The normalized spacial score (nSPS) is 13.8. The maximum Gasteiger partial charge on any atom is 0.274 e. The molecule has 0 aliphatic carbocycles. The van der Waals surface area contributed by atoms with Gasteiger partial charge in [0.25, 0.3) is 5.91 Å². The van der Waals surface area contributed by atoms with Crippen molar-refractivity contribution in [3.63, 3.8) is 0 Å². The summed E-state index contributed by atoms with van der Waals surface area (Å²) in [5, 5.41) is 10.8. The fourth-order valence-corrected chi connectivity index (χ4v) is 2.41. The van der Waals surface area contributed by atoms with E-state index in [1.165, 1.54) is 11.1 Å². The highest BCUT2D eigenvalue weighted by atomic mass is 16.2. The van der Waals surface area contributed by atoms with Gasteiger partial charge < -0.3 is 10.2 Å². The summed E-state index contributed by atoms with van der Waals surface area (Å²) >= 11 is 0. The first-order valence-corrected chi connectivity index (χ1v) is 6.65. The first-order valence-electron chi connectivity index (χ1n) is 6.65. The van der Waals surface area contributed by atoms with Crippen molar-refractivity contribution in [3.05, 3.63) is 53.2 Å². The van der Waals surface area contributed by atoms with Gasteiger partial charge >= 0.3 is 0 Å². The van der Waals surface area contributed by atoms with Crippen molar-refractivity contribution < 1.29 is 4.79 Å². The molecule has 1 aromatic heterocycles. The maximum atomic E-state index is 12.4. The summed E-state index contributed by atoms with van der Waals surface area (Å²) in [4.78, 5) is 14.2. The van der Waals surface area contributed by atoms with Crippen LogP contribution in [0.25, 0.3) is 0 Å². The van der Waals surface area contributed by atoms with E-state index in [1.54, 1.807) is 19.2 Å². The number of carbonyl (C=O) groups is 1. The predicted octanol–water partition coefficient (Wildman–Crippen LogP) is 1.72. The van der Waals surface area contributed by atoms with Gasteiger partial charge in [-0.3, -0.25) is 4.79 Å². The number of rotatable bonds is 2. The summed E-state index contributed by atoms with van der Waals surface area (Å²) in [5.41, 5.74) is 2.93. The van der Waals surface area contributed by atoms with Crippen LogP contribution in [0.5, 0.6) is 0 Å². The average molecular weight is 268 g/mol. The molecule has 2 aromatic rings. The van der Waals surface area contributed by atoms with Crippen LogP contribution in [-0.4, -0.2) is 34.6 Å². The number of benzene rings is 1. The smallest absolute Gasteiger partial charge is 0.274 e. The van der Waals surface area contributed by atoms with Gasteiger partial charge in [0.05, 0.1) is 0 Å². The van der Waals surface area contributed by atoms with E-state index in [0.717, 1.165) is 13.0 Å². The van der Waals surface area contributed by atoms with E-state index >= 15 is 0 Å². The van der Waals surface area contributed by atoms with Crippen molar-refractivity contribution in [2.45, 2.75) is 13.0 Å². The van der Waals surface area contributed by atoms with Crippen molar-refractivity contribution in [1.82, 2.24) is 15.1 Å². The molecule has 20 heavy (non-hydrogen) atoms. The number of fused-ring (bicyclic) bond motifs is 1. The van der Waals surface area contributed by atoms with Crippen LogP contribution >= 0.6 is 0 Å². The minimum Gasteiger partial charge on any atom is -0.372 e. The first-order chi connectivity index (χ1) is 9.78. The molecular formula is C15H16N4O. The molecule has 0 spiro atoms. The van der Waals surface area contributed by atoms with Crippen molar-refractivity contribution in [2.75, 3.05) is 18.9 Å².